The lowest BCUT2D eigenvalue weighted by atomic mass is 9.92. The first-order valence-electron chi connectivity index (χ1n) is 7.74. The Hall–Kier alpha value is -1.87. The van der Waals surface area contributed by atoms with E-state index in [0.29, 0.717) is 18.0 Å². The smallest absolute Gasteiger partial charge is 0.131 e. The summed E-state index contributed by atoms with van der Waals surface area (Å²) in [7, 11) is 1.87. The molecule has 1 atom stereocenters. The van der Waals surface area contributed by atoms with Gasteiger partial charge in [0.2, 0.25) is 0 Å². The summed E-state index contributed by atoms with van der Waals surface area (Å²) in [5.74, 6) is 0.194. The minimum absolute atomic E-state index is 0.166. The predicted molar refractivity (Wildman–Crippen MR) is 92.8 cm³/mol. The molecule has 0 bridgehead atoms. The first kappa shape index (κ1) is 16.5. The van der Waals surface area contributed by atoms with Gasteiger partial charge in [-0.25, -0.2) is 4.39 Å². The molecule has 0 amide bonds. The maximum absolute atomic E-state index is 14.6. The highest BCUT2D eigenvalue weighted by Crippen LogP contribution is 2.31. The SMILES string of the molecule is CNc1ccc(C)c(-c2cc(C)c(CC(C)CN)cc2F)c1. The number of hydrogen-bond acceptors (Lipinski definition) is 2. The molecule has 0 saturated heterocycles. The van der Waals surface area contributed by atoms with Crippen molar-refractivity contribution in [2.45, 2.75) is 27.2 Å². The van der Waals surface area contributed by atoms with E-state index in [1.807, 2.05) is 45.2 Å². The van der Waals surface area contributed by atoms with E-state index >= 15 is 0 Å². The summed E-state index contributed by atoms with van der Waals surface area (Å²) < 4.78 is 14.6. The van der Waals surface area contributed by atoms with Crippen LogP contribution in [0.2, 0.25) is 0 Å². The fraction of sp³-hybridized carbons (Fsp3) is 0.368. The van der Waals surface area contributed by atoms with Crippen LogP contribution in [0, 0.1) is 25.6 Å². The summed E-state index contributed by atoms with van der Waals surface area (Å²) in [6.45, 7) is 6.75. The highest BCUT2D eigenvalue weighted by atomic mass is 19.1. The Morgan fingerprint density at radius 2 is 1.82 bits per heavy atom. The van der Waals surface area contributed by atoms with Crippen molar-refractivity contribution in [3.8, 4) is 11.1 Å². The molecule has 0 heterocycles. The van der Waals surface area contributed by atoms with Crippen LogP contribution in [0.25, 0.3) is 11.1 Å². The average molecular weight is 300 g/mol. The number of aryl methyl sites for hydroxylation is 2. The molecule has 0 radical (unpaired) electrons. The van der Waals surface area contributed by atoms with Crippen LogP contribution in [0.5, 0.6) is 0 Å². The number of anilines is 1. The largest absolute Gasteiger partial charge is 0.388 e. The molecular weight excluding hydrogens is 275 g/mol. The lowest BCUT2D eigenvalue weighted by molar-refractivity contribution is 0.583. The van der Waals surface area contributed by atoms with E-state index in [9.17, 15) is 4.39 Å². The summed E-state index contributed by atoms with van der Waals surface area (Å²) in [6, 6.07) is 9.63. The second kappa shape index (κ2) is 6.93. The van der Waals surface area contributed by atoms with Crippen molar-refractivity contribution in [2.75, 3.05) is 18.9 Å². The summed E-state index contributed by atoms with van der Waals surface area (Å²) in [5.41, 5.74) is 11.5. The standard InChI is InChI=1S/C19H25FN2/c1-12(11-21)7-15-9-19(20)18(8-14(15)3)17-10-16(22-4)6-5-13(17)2/h5-6,8-10,12,22H,7,11,21H2,1-4H3. The first-order chi connectivity index (χ1) is 10.5. The molecule has 2 aromatic rings. The Labute approximate surface area is 132 Å². The van der Waals surface area contributed by atoms with Gasteiger partial charge in [0.15, 0.2) is 0 Å². The van der Waals surface area contributed by atoms with Crippen LogP contribution in [-0.4, -0.2) is 13.6 Å². The van der Waals surface area contributed by atoms with Crippen molar-refractivity contribution in [2.24, 2.45) is 11.7 Å². The predicted octanol–water partition coefficient (Wildman–Crippen LogP) is 4.29. The highest BCUT2D eigenvalue weighted by Gasteiger charge is 2.13. The lowest BCUT2D eigenvalue weighted by Crippen LogP contribution is -2.14. The summed E-state index contributed by atoms with van der Waals surface area (Å²) in [4.78, 5) is 0. The average Bonchev–Trinajstić information content (AvgIpc) is 2.51. The molecule has 0 aliphatic carbocycles. The maximum atomic E-state index is 14.6. The molecule has 0 spiro atoms. The zero-order valence-corrected chi connectivity index (χ0v) is 13.8. The van der Waals surface area contributed by atoms with Crippen molar-refractivity contribution in [1.82, 2.24) is 0 Å². The summed E-state index contributed by atoms with van der Waals surface area (Å²) in [6.07, 6.45) is 0.815. The molecule has 0 saturated carbocycles. The number of nitrogens with one attached hydrogen (secondary N) is 1. The maximum Gasteiger partial charge on any atom is 0.131 e. The number of hydrogen-bond donors (Lipinski definition) is 2. The molecule has 118 valence electrons. The highest BCUT2D eigenvalue weighted by molar-refractivity contribution is 5.73. The Bertz CT molecular complexity index is 665. The third kappa shape index (κ3) is 3.47. The van der Waals surface area contributed by atoms with E-state index in [4.69, 9.17) is 5.73 Å². The zero-order valence-electron chi connectivity index (χ0n) is 13.8. The van der Waals surface area contributed by atoms with E-state index in [2.05, 4.69) is 12.2 Å². The lowest BCUT2D eigenvalue weighted by Gasteiger charge is -2.15. The molecule has 2 rings (SSSR count). The van der Waals surface area contributed by atoms with Crippen LogP contribution in [0.3, 0.4) is 0 Å². The molecule has 1 unspecified atom stereocenters. The molecular formula is C19H25FN2. The number of benzene rings is 2. The van der Waals surface area contributed by atoms with Gasteiger partial charge in [-0.15, -0.1) is 0 Å². The van der Waals surface area contributed by atoms with Crippen LogP contribution < -0.4 is 11.1 Å². The van der Waals surface area contributed by atoms with Gasteiger partial charge in [0, 0.05) is 18.3 Å². The van der Waals surface area contributed by atoms with Crippen molar-refractivity contribution >= 4 is 5.69 Å². The molecule has 2 aromatic carbocycles. The molecule has 3 heteroatoms. The van der Waals surface area contributed by atoms with Gasteiger partial charge < -0.3 is 11.1 Å². The number of halogens is 1. The molecule has 0 aliphatic heterocycles. The van der Waals surface area contributed by atoms with Crippen molar-refractivity contribution in [3.63, 3.8) is 0 Å². The van der Waals surface area contributed by atoms with Crippen molar-refractivity contribution < 1.29 is 4.39 Å². The minimum Gasteiger partial charge on any atom is -0.388 e. The molecule has 3 N–H and O–H groups in total. The third-order valence-corrected chi connectivity index (χ3v) is 4.21. The van der Waals surface area contributed by atoms with E-state index in [1.54, 1.807) is 6.07 Å². The van der Waals surface area contributed by atoms with Crippen LogP contribution in [0.4, 0.5) is 10.1 Å². The fourth-order valence-corrected chi connectivity index (χ4v) is 2.68. The van der Waals surface area contributed by atoms with Gasteiger partial charge in [0.05, 0.1) is 0 Å². The molecule has 2 nitrogen and oxygen atoms in total. The number of rotatable bonds is 5. The van der Waals surface area contributed by atoms with Gasteiger partial charge >= 0.3 is 0 Å². The van der Waals surface area contributed by atoms with E-state index in [0.717, 1.165) is 34.4 Å². The van der Waals surface area contributed by atoms with E-state index in [-0.39, 0.29) is 5.82 Å². The first-order valence-corrected chi connectivity index (χ1v) is 7.74. The van der Waals surface area contributed by atoms with E-state index < -0.39 is 0 Å². The second-order valence-corrected chi connectivity index (χ2v) is 6.08. The topological polar surface area (TPSA) is 38.0 Å². The van der Waals surface area contributed by atoms with Crippen LogP contribution in [-0.2, 0) is 6.42 Å². The zero-order chi connectivity index (χ0) is 16.3. The molecule has 0 aromatic heterocycles. The fourth-order valence-electron chi connectivity index (χ4n) is 2.68. The van der Waals surface area contributed by atoms with Gasteiger partial charge in [0.1, 0.15) is 5.82 Å². The van der Waals surface area contributed by atoms with Crippen molar-refractivity contribution in [1.29, 1.82) is 0 Å². The Balaban J connectivity index is 2.47. The van der Waals surface area contributed by atoms with Crippen molar-refractivity contribution in [3.05, 3.63) is 52.8 Å². The third-order valence-electron chi connectivity index (χ3n) is 4.21. The Kier molecular flexibility index (Phi) is 5.19. The molecule has 0 fully saturated rings. The summed E-state index contributed by atoms with van der Waals surface area (Å²) in [5, 5.41) is 3.11. The Morgan fingerprint density at radius 1 is 1.09 bits per heavy atom. The molecule has 22 heavy (non-hydrogen) atoms. The monoisotopic (exact) mass is 300 g/mol. The van der Waals surface area contributed by atoms with Crippen LogP contribution in [0.1, 0.15) is 23.6 Å². The van der Waals surface area contributed by atoms with Crippen LogP contribution in [0.15, 0.2) is 30.3 Å². The Morgan fingerprint density at radius 3 is 2.45 bits per heavy atom. The van der Waals surface area contributed by atoms with Gasteiger partial charge in [-0.05, 0) is 79.3 Å². The van der Waals surface area contributed by atoms with E-state index in [1.165, 1.54) is 0 Å². The van der Waals surface area contributed by atoms with Gasteiger partial charge in [-0.2, -0.15) is 0 Å². The van der Waals surface area contributed by atoms with Crippen LogP contribution >= 0.6 is 0 Å². The normalized spacial score (nSPS) is 12.3. The quantitative estimate of drug-likeness (QED) is 0.864. The molecule has 0 aliphatic rings. The summed E-state index contributed by atoms with van der Waals surface area (Å²) >= 11 is 0. The van der Waals surface area contributed by atoms with Gasteiger partial charge in [0.25, 0.3) is 0 Å². The van der Waals surface area contributed by atoms with Gasteiger partial charge in [-0.1, -0.05) is 13.0 Å². The van der Waals surface area contributed by atoms with Gasteiger partial charge in [-0.3, -0.25) is 0 Å². The number of nitrogens with two attached hydrogens (primary N) is 1. The minimum atomic E-state index is -0.166. The second-order valence-electron chi connectivity index (χ2n) is 6.08.